The fourth-order valence-corrected chi connectivity index (χ4v) is 6.01. The molecule has 0 fully saturated rings. The van der Waals surface area contributed by atoms with Crippen LogP contribution in [0, 0.1) is 11.8 Å². The van der Waals surface area contributed by atoms with Gasteiger partial charge in [-0.15, -0.1) is 0 Å². The lowest BCUT2D eigenvalue weighted by Gasteiger charge is -2.23. The third-order valence-electron chi connectivity index (χ3n) is 9.07. The summed E-state index contributed by atoms with van der Waals surface area (Å²) in [7, 11) is 0. The second-order valence-corrected chi connectivity index (χ2v) is 13.2. The van der Waals surface area contributed by atoms with E-state index in [1.54, 1.807) is 4.90 Å². The topological polar surface area (TPSA) is 101 Å². The minimum absolute atomic E-state index is 0.0631. The van der Waals surface area contributed by atoms with Crippen LogP contribution in [0.2, 0.25) is 0 Å². The molecule has 0 aromatic heterocycles. The number of carbonyl (C=O) groups is 3. The maximum atomic E-state index is 13.1. The van der Waals surface area contributed by atoms with Gasteiger partial charge in [0.1, 0.15) is 13.2 Å². The molecule has 0 rings (SSSR count). The second-order valence-electron chi connectivity index (χ2n) is 13.2. The molecule has 0 aliphatic heterocycles. The van der Waals surface area contributed by atoms with Gasteiger partial charge in [-0.2, -0.15) is 0 Å². The Bertz CT molecular complexity index is 652. The Balaban J connectivity index is 4.83. The summed E-state index contributed by atoms with van der Waals surface area (Å²) in [6.07, 6.45) is 27.2. The summed E-state index contributed by atoms with van der Waals surface area (Å²) >= 11 is 0. The summed E-state index contributed by atoms with van der Waals surface area (Å²) in [5, 5.41) is 0. The van der Waals surface area contributed by atoms with Crippen molar-refractivity contribution in [2.45, 2.75) is 182 Å². The molecule has 0 heterocycles. The average molecular weight is 640 g/mol. The lowest BCUT2D eigenvalue weighted by molar-refractivity contribution is -0.357. The number of nitrogens with zero attached hydrogens (tertiary/aromatic N) is 1. The average Bonchev–Trinajstić information content (AvgIpc) is 3.04. The van der Waals surface area contributed by atoms with Crippen molar-refractivity contribution in [1.29, 1.82) is 0 Å². The fraction of sp³-hybridized carbons (Fsp3) is 0.921. The van der Waals surface area contributed by atoms with E-state index in [4.69, 9.17) is 9.47 Å². The number of unbranched alkanes of at least 4 members (excludes halogenated alkanes) is 16. The predicted molar refractivity (Wildman–Crippen MR) is 187 cm³/mol. The molecular formula is C38H75N2O5+. The Morgan fingerprint density at radius 1 is 0.489 bits per heavy atom. The molecule has 0 aromatic carbocycles. The van der Waals surface area contributed by atoms with Gasteiger partial charge in [-0.05, 0) is 25.7 Å². The Hall–Kier alpha value is -1.63. The number of rotatable bonds is 33. The molecule has 0 radical (unpaired) electrons. The summed E-state index contributed by atoms with van der Waals surface area (Å²) in [4.78, 5) is 40.3. The van der Waals surface area contributed by atoms with E-state index >= 15 is 0 Å². The van der Waals surface area contributed by atoms with Gasteiger partial charge in [0.05, 0.1) is 24.9 Å². The molecule has 0 bridgehead atoms. The molecule has 266 valence electrons. The number of ether oxygens (including phenoxy) is 2. The molecule has 7 nitrogen and oxygen atoms in total. The molecule has 0 spiro atoms. The third kappa shape index (κ3) is 25.2. The minimum atomic E-state index is -0.130. The summed E-state index contributed by atoms with van der Waals surface area (Å²) in [5.41, 5.74) is 3.76. The number of amides is 1. The lowest BCUT2D eigenvalue weighted by Crippen LogP contribution is -2.58. The summed E-state index contributed by atoms with van der Waals surface area (Å²) in [6.45, 7) is 9.91. The molecule has 2 atom stereocenters. The van der Waals surface area contributed by atoms with E-state index in [-0.39, 0.29) is 49.4 Å². The van der Waals surface area contributed by atoms with Crippen molar-refractivity contribution < 1.29 is 29.6 Å². The molecule has 0 saturated carbocycles. The first kappa shape index (κ1) is 43.4. The molecular weight excluding hydrogens is 564 g/mol. The number of hydrogen-bond donors (Lipinski definition) is 1. The SMILES string of the molecule is CCCCCCCCC(CCCCCC)C(=O)OCCN(CCOC(=O)C(CCCCCC)CCCCCCCC)C(=O)C[NH3+]. The van der Waals surface area contributed by atoms with E-state index in [1.165, 1.54) is 89.9 Å². The zero-order valence-corrected chi connectivity index (χ0v) is 30.4. The van der Waals surface area contributed by atoms with Gasteiger partial charge in [0, 0.05) is 0 Å². The summed E-state index contributed by atoms with van der Waals surface area (Å²) in [6, 6.07) is 0. The molecule has 2 unspecified atom stereocenters. The van der Waals surface area contributed by atoms with Crippen LogP contribution in [0.15, 0.2) is 0 Å². The molecule has 0 saturated heterocycles. The van der Waals surface area contributed by atoms with Crippen LogP contribution in [0.25, 0.3) is 0 Å². The van der Waals surface area contributed by atoms with Crippen LogP contribution < -0.4 is 5.73 Å². The van der Waals surface area contributed by atoms with Crippen molar-refractivity contribution in [3.8, 4) is 0 Å². The van der Waals surface area contributed by atoms with Crippen LogP contribution in [0.4, 0.5) is 0 Å². The molecule has 1 amide bonds. The maximum absolute atomic E-state index is 13.1. The molecule has 45 heavy (non-hydrogen) atoms. The van der Waals surface area contributed by atoms with Crippen molar-refractivity contribution in [2.75, 3.05) is 32.8 Å². The highest BCUT2D eigenvalue weighted by molar-refractivity contribution is 5.77. The first-order chi connectivity index (χ1) is 21.9. The van der Waals surface area contributed by atoms with Crippen LogP contribution in [-0.2, 0) is 23.9 Å². The molecule has 0 aromatic rings. The van der Waals surface area contributed by atoms with Gasteiger partial charge in [-0.25, -0.2) is 0 Å². The predicted octanol–water partition coefficient (Wildman–Crippen LogP) is 8.82. The van der Waals surface area contributed by atoms with Crippen molar-refractivity contribution in [3.05, 3.63) is 0 Å². The van der Waals surface area contributed by atoms with E-state index in [0.29, 0.717) is 13.1 Å². The standard InChI is InChI=1S/C38H74N2O5/c1-5-9-13-17-19-23-27-34(25-21-15-11-7-3)37(42)44-31-29-40(36(41)33-39)30-32-45-38(43)35(26-22-16-12-8-4)28-24-20-18-14-10-6-2/h34-35H,5-33,39H2,1-4H3/p+1. The van der Waals surface area contributed by atoms with Crippen LogP contribution >= 0.6 is 0 Å². The number of esters is 2. The number of carbonyl (C=O) groups excluding carboxylic acids is 3. The van der Waals surface area contributed by atoms with Crippen molar-refractivity contribution >= 4 is 17.8 Å². The molecule has 7 heteroatoms. The Morgan fingerprint density at radius 3 is 1.09 bits per heavy atom. The van der Waals surface area contributed by atoms with Crippen LogP contribution in [0.3, 0.4) is 0 Å². The van der Waals surface area contributed by atoms with E-state index in [0.717, 1.165) is 64.2 Å². The van der Waals surface area contributed by atoms with Gasteiger partial charge < -0.3 is 20.1 Å². The van der Waals surface area contributed by atoms with Gasteiger partial charge >= 0.3 is 11.9 Å². The molecule has 0 aliphatic rings. The van der Waals surface area contributed by atoms with Crippen molar-refractivity contribution in [2.24, 2.45) is 11.8 Å². The normalized spacial score (nSPS) is 12.6. The highest BCUT2D eigenvalue weighted by Gasteiger charge is 2.22. The van der Waals surface area contributed by atoms with Gasteiger partial charge in [0.2, 0.25) is 0 Å². The number of quaternary nitrogens is 1. The molecule has 0 aliphatic carbocycles. The van der Waals surface area contributed by atoms with Gasteiger partial charge in [0.15, 0.2) is 6.54 Å². The zero-order valence-electron chi connectivity index (χ0n) is 30.4. The summed E-state index contributed by atoms with van der Waals surface area (Å²) in [5.74, 6) is -0.504. The van der Waals surface area contributed by atoms with Crippen LogP contribution in [0.1, 0.15) is 182 Å². The first-order valence-electron chi connectivity index (χ1n) is 19.3. The first-order valence-corrected chi connectivity index (χ1v) is 19.3. The van der Waals surface area contributed by atoms with E-state index in [1.807, 2.05) is 0 Å². The minimum Gasteiger partial charge on any atom is -0.464 e. The van der Waals surface area contributed by atoms with Gasteiger partial charge in [-0.3, -0.25) is 14.4 Å². The smallest absolute Gasteiger partial charge is 0.308 e. The van der Waals surface area contributed by atoms with Crippen molar-refractivity contribution in [1.82, 2.24) is 4.90 Å². The highest BCUT2D eigenvalue weighted by atomic mass is 16.5. The van der Waals surface area contributed by atoms with Crippen molar-refractivity contribution in [3.63, 3.8) is 0 Å². The van der Waals surface area contributed by atoms with Crippen LogP contribution in [-0.4, -0.2) is 55.6 Å². The maximum Gasteiger partial charge on any atom is 0.308 e. The monoisotopic (exact) mass is 640 g/mol. The summed E-state index contributed by atoms with van der Waals surface area (Å²) < 4.78 is 11.5. The zero-order chi connectivity index (χ0) is 33.4. The lowest BCUT2D eigenvalue weighted by atomic mass is 9.94. The van der Waals surface area contributed by atoms with Gasteiger partial charge in [-0.1, -0.05) is 156 Å². The quantitative estimate of drug-likeness (QED) is 0.0571. The Labute approximate surface area is 278 Å². The Morgan fingerprint density at radius 2 is 0.778 bits per heavy atom. The van der Waals surface area contributed by atoms with E-state index in [9.17, 15) is 14.4 Å². The van der Waals surface area contributed by atoms with Gasteiger partial charge in [0.25, 0.3) is 5.91 Å². The largest absolute Gasteiger partial charge is 0.464 e. The second kappa shape index (κ2) is 32.3. The third-order valence-corrected chi connectivity index (χ3v) is 9.07. The number of hydrogen-bond acceptors (Lipinski definition) is 5. The highest BCUT2D eigenvalue weighted by Crippen LogP contribution is 2.22. The van der Waals surface area contributed by atoms with E-state index in [2.05, 4.69) is 33.4 Å². The Kier molecular flexibility index (Phi) is 31.1. The van der Waals surface area contributed by atoms with Crippen LogP contribution in [0.5, 0.6) is 0 Å². The fourth-order valence-electron chi connectivity index (χ4n) is 6.01. The molecule has 3 N–H and O–H groups in total. The van der Waals surface area contributed by atoms with E-state index < -0.39 is 0 Å².